The number of benzene rings is 3. The van der Waals surface area contributed by atoms with E-state index in [0.717, 1.165) is 34.2 Å². The average molecular weight is 509 g/mol. The number of Topliss-reactive ketones (excluding diaryl/α,β-unsaturated/α-hetero) is 1. The van der Waals surface area contributed by atoms with Gasteiger partial charge in [0, 0.05) is 25.8 Å². The zero-order valence-electron chi connectivity index (χ0n) is 21.7. The van der Waals surface area contributed by atoms with Gasteiger partial charge in [-0.05, 0) is 47.1 Å². The van der Waals surface area contributed by atoms with Gasteiger partial charge in [-0.3, -0.25) is 9.59 Å². The molecule has 0 bridgehead atoms. The highest BCUT2D eigenvalue weighted by atomic mass is 16.4. The van der Waals surface area contributed by atoms with Gasteiger partial charge in [0.05, 0.1) is 6.57 Å². The van der Waals surface area contributed by atoms with Crippen LogP contribution in [0.15, 0.2) is 72.8 Å². The molecule has 0 saturated heterocycles. The van der Waals surface area contributed by atoms with Gasteiger partial charge in [-0.1, -0.05) is 86.1 Å². The van der Waals surface area contributed by atoms with Gasteiger partial charge in [-0.2, -0.15) is 0 Å². The molecule has 0 atom stereocenters. The Kier molecular flexibility index (Phi) is 8.38. The van der Waals surface area contributed by atoms with E-state index in [1.807, 2.05) is 79.7 Å². The van der Waals surface area contributed by atoms with Crippen LogP contribution in [0.5, 0.6) is 0 Å². The second kappa shape index (κ2) is 11.9. The molecule has 3 aromatic carbocycles. The molecule has 1 aliphatic rings. The number of carboxylic acid groups (broad SMARTS) is 1. The lowest BCUT2D eigenvalue weighted by molar-refractivity contribution is -0.164. The van der Waals surface area contributed by atoms with Crippen LogP contribution in [-0.4, -0.2) is 33.2 Å². The summed E-state index contributed by atoms with van der Waals surface area (Å²) in [5.74, 6) is -1.20. The Bertz CT molecular complexity index is 1350. The molecule has 6 nitrogen and oxygen atoms in total. The third-order valence-electron chi connectivity index (χ3n) is 7.42. The number of hydrogen-bond donors (Lipinski definition) is 1. The number of unbranched alkanes of at least 4 members (excludes halogenated alkanes) is 1. The van der Waals surface area contributed by atoms with Gasteiger partial charge in [0.2, 0.25) is 5.91 Å². The zero-order chi connectivity index (χ0) is 27.1. The Morgan fingerprint density at radius 2 is 1.61 bits per heavy atom. The minimum atomic E-state index is -1.38. The molecule has 1 saturated carbocycles. The molecule has 38 heavy (non-hydrogen) atoms. The molecule has 0 aromatic heterocycles. The van der Waals surface area contributed by atoms with Crippen LogP contribution < -0.4 is 0 Å². The van der Waals surface area contributed by atoms with Crippen LogP contribution in [0.4, 0.5) is 5.69 Å². The average Bonchev–Trinajstić information content (AvgIpc) is 2.95. The molecule has 4 rings (SSSR count). The molecule has 1 aliphatic carbocycles. The first-order valence-corrected chi connectivity index (χ1v) is 13.1. The summed E-state index contributed by atoms with van der Waals surface area (Å²) in [5.41, 5.74) is 3.74. The lowest BCUT2D eigenvalue weighted by Crippen LogP contribution is -2.58. The van der Waals surface area contributed by atoms with Crippen molar-refractivity contribution in [3.8, 4) is 22.3 Å². The van der Waals surface area contributed by atoms with Crippen LogP contribution in [-0.2, 0) is 20.9 Å². The van der Waals surface area contributed by atoms with E-state index in [-0.39, 0.29) is 50.3 Å². The molecule has 1 fully saturated rings. The summed E-state index contributed by atoms with van der Waals surface area (Å²) in [4.78, 5) is 42.9. The van der Waals surface area contributed by atoms with Crippen molar-refractivity contribution in [1.82, 2.24) is 4.90 Å². The van der Waals surface area contributed by atoms with E-state index in [1.54, 1.807) is 0 Å². The van der Waals surface area contributed by atoms with E-state index >= 15 is 0 Å². The van der Waals surface area contributed by atoms with Crippen LogP contribution in [0, 0.1) is 6.57 Å². The maximum Gasteiger partial charge on any atom is 0.329 e. The summed E-state index contributed by atoms with van der Waals surface area (Å²) in [6.07, 6.45) is 2.39. The maximum absolute atomic E-state index is 13.3. The Labute approximate surface area is 223 Å². The Morgan fingerprint density at radius 1 is 0.947 bits per heavy atom. The number of carbonyl (C=O) groups is 3. The lowest BCUT2D eigenvalue weighted by Gasteiger charge is -2.43. The lowest BCUT2D eigenvalue weighted by atomic mass is 9.79. The second-order valence-electron chi connectivity index (χ2n) is 9.87. The Morgan fingerprint density at radius 3 is 2.21 bits per heavy atom. The normalized spacial score (nSPS) is 14.5. The van der Waals surface area contributed by atoms with Gasteiger partial charge in [-0.15, -0.1) is 0 Å². The molecule has 1 amide bonds. The van der Waals surface area contributed by atoms with Crippen molar-refractivity contribution in [3.05, 3.63) is 89.8 Å². The van der Waals surface area contributed by atoms with Crippen LogP contribution in [0.3, 0.4) is 0 Å². The number of nitrogens with zero attached hydrogens (tertiary/aromatic N) is 2. The Hall–Kier alpha value is -4.24. The number of carboxylic acids is 1. The summed E-state index contributed by atoms with van der Waals surface area (Å²) in [6.45, 7) is 9.79. The molecule has 0 unspecified atom stereocenters. The molecule has 0 spiro atoms. The van der Waals surface area contributed by atoms with Gasteiger partial charge in [0.1, 0.15) is 11.3 Å². The molecule has 6 heteroatoms. The molecule has 194 valence electrons. The van der Waals surface area contributed by atoms with Gasteiger partial charge < -0.3 is 10.0 Å². The summed E-state index contributed by atoms with van der Waals surface area (Å²) in [7, 11) is 0. The molecule has 0 radical (unpaired) electrons. The van der Waals surface area contributed by atoms with E-state index in [4.69, 9.17) is 6.57 Å². The number of amides is 1. The van der Waals surface area contributed by atoms with Crippen molar-refractivity contribution in [3.63, 3.8) is 0 Å². The van der Waals surface area contributed by atoms with Gasteiger partial charge in [0.25, 0.3) is 0 Å². The maximum atomic E-state index is 13.3. The number of rotatable bonds is 9. The summed E-state index contributed by atoms with van der Waals surface area (Å²) < 4.78 is 0. The zero-order valence-corrected chi connectivity index (χ0v) is 21.7. The highest BCUT2D eigenvalue weighted by Gasteiger charge is 2.48. The van der Waals surface area contributed by atoms with Gasteiger partial charge in [0.15, 0.2) is 5.69 Å². The first-order valence-electron chi connectivity index (χ1n) is 13.1. The summed E-state index contributed by atoms with van der Waals surface area (Å²) in [5, 5.41) is 10.2. The van der Waals surface area contributed by atoms with Gasteiger partial charge in [-0.25, -0.2) is 9.64 Å². The quantitative estimate of drug-likeness (QED) is 0.314. The second-order valence-corrected chi connectivity index (χ2v) is 9.87. The first kappa shape index (κ1) is 26.8. The van der Waals surface area contributed by atoms with Crippen LogP contribution in [0.2, 0.25) is 0 Å². The number of ketones is 1. The van der Waals surface area contributed by atoms with Crippen molar-refractivity contribution < 1.29 is 19.5 Å². The van der Waals surface area contributed by atoms with Crippen molar-refractivity contribution in [2.75, 3.05) is 0 Å². The van der Waals surface area contributed by atoms with Crippen molar-refractivity contribution in [1.29, 1.82) is 0 Å². The van der Waals surface area contributed by atoms with E-state index in [1.165, 1.54) is 4.90 Å². The highest BCUT2D eigenvalue weighted by Crippen LogP contribution is 2.37. The molecule has 3 aromatic rings. The van der Waals surface area contributed by atoms with E-state index in [0.29, 0.717) is 12.1 Å². The van der Waals surface area contributed by atoms with Crippen LogP contribution in [0.25, 0.3) is 27.1 Å². The molecule has 0 aliphatic heterocycles. The number of aliphatic carboxylic acids is 1. The van der Waals surface area contributed by atoms with Crippen LogP contribution in [0.1, 0.15) is 57.4 Å². The topological polar surface area (TPSA) is 79.0 Å². The minimum absolute atomic E-state index is 0.0422. The van der Waals surface area contributed by atoms with Gasteiger partial charge >= 0.3 is 5.97 Å². The molecular weight excluding hydrogens is 476 g/mol. The summed E-state index contributed by atoms with van der Waals surface area (Å²) >= 11 is 0. The Balaban J connectivity index is 1.65. The number of carbonyl (C=O) groups excluding carboxylic acids is 2. The smallest absolute Gasteiger partial charge is 0.329 e. The SMILES string of the molecule is [C-]#[N+]c1ccc(-c2ccccc2)cc1-c1ccc(CN(C(=O)CCCC)C2(C(=O)O)CCC(=O)CC2)cc1. The third-order valence-corrected chi connectivity index (χ3v) is 7.42. The predicted octanol–water partition coefficient (Wildman–Crippen LogP) is 7.06. The van der Waals surface area contributed by atoms with E-state index < -0.39 is 11.5 Å². The molecular formula is C32H32N2O4. The largest absolute Gasteiger partial charge is 0.479 e. The highest BCUT2D eigenvalue weighted by molar-refractivity contribution is 5.90. The van der Waals surface area contributed by atoms with Crippen molar-refractivity contribution in [2.45, 2.75) is 64.0 Å². The minimum Gasteiger partial charge on any atom is -0.479 e. The fourth-order valence-corrected chi connectivity index (χ4v) is 5.13. The van der Waals surface area contributed by atoms with Crippen LogP contribution >= 0.6 is 0 Å². The third kappa shape index (κ3) is 5.68. The van der Waals surface area contributed by atoms with E-state index in [2.05, 4.69) is 4.85 Å². The molecule has 1 N–H and O–H groups in total. The number of hydrogen-bond acceptors (Lipinski definition) is 3. The molecule has 0 heterocycles. The van der Waals surface area contributed by atoms with Crippen molar-refractivity contribution in [2.24, 2.45) is 0 Å². The first-order chi connectivity index (χ1) is 18.4. The fourth-order valence-electron chi connectivity index (χ4n) is 5.13. The van der Waals surface area contributed by atoms with E-state index in [9.17, 15) is 19.5 Å². The predicted molar refractivity (Wildman–Crippen MR) is 147 cm³/mol. The fraction of sp³-hybridized carbons (Fsp3) is 0.312. The standard InChI is InChI=1S/C32H32N2O4/c1-3-4-10-30(36)34(32(31(37)38)19-17-27(35)18-20-32)22-23-11-13-25(14-12-23)28-21-26(15-16-29(28)33-2)24-8-6-5-7-9-24/h5-9,11-16,21H,3-4,10,17-20,22H2,1H3,(H,37,38). The summed E-state index contributed by atoms with van der Waals surface area (Å²) in [6, 6.07) is 23.4. The van der Waals surface area contributed by atoms with Crippen molar-refractivity contribution >= 4 is 23.3 Å². The monoisotopic (exact) mass is 508 g/mol.